The summed E-state index contributed by atoms with van der Waals surface area (Å²) >= 11 is 3.53. The van der Waals surface area contributed by atoms with E-state index < -0.39 is 0 Å². The number of benzene rings is 2. The highest BCUT2D eigenvalue weighted by Gasteiger charge is 2.14. The van der Waals surface area contributed by atoms with Crippen molar-refractivity contribution < 1.29 is 4.79 Å². The number of amides is 1. The van der Waals surface area contributed by atoms with Crippen molar-refractivity contribution in [3.05, 3.63) is 94.4 Å². The maximum Gasteiger partial charge on any atom is 0.278 e. The quantitative estimate of drug-likeness (QED) is 0.500. The first-order chi connectivity index (χ1) is 13.7. The van der Waals surface area contributed by atoms with Crippen LogP contribution >= 0.6 is 15.9 Å². The third-order valence-corrected chi connectivity index (χ3v) is 4.97. The molecule has 1 amide bonds. The molecular formula is C20H17BrN6O. The summed E-state index contributed by atoms with van der Waals surface area (Å²) in [5.74, 6) is 0.270. The summed E-state index contributed by atoms with van der Waals surface area (Å²) in [7, 11) is 0. The fourth-order valence-corrected chi connectivity index (χ4v) is 3.19. The van der Waals surface area contributed by atoms with Crippen LogP contribution in [0.5, 0.6) is 0 Å². The first-order valence-electron chi connectivity index (χ1n) is 8.69. The average Bonchev–Trinajstić information content (AvgIpc) is 3.34. The molecule has 4 aromatic rings. The van der Waals surface area contributed by atoms with Gasteiger partial charge in [-0.15, -0.1) is 5.10 Å². The van der Waals surface area contributed by atoms with Crippen molar-refractivity contribution in [3.8, 4) is 0 Å². The molecule has 2 heterocycles. The van der Waals surface area contributed by atoms with E-state index in [2.05, 4.69) is 36.7 Å². The van der Waals surface area contributed by atoms with Gasteiger partial charge in [0.25, 0.3) is 5.91 Å². The van der Waals surface area contributed by atoms with Gasteiger partial charge in [0.2, 0.25) is 0 Å². The van der Waals surface area contributed by atoms with Crippen LogP contribution in [0.15, 0.2) is 77.5 Å². The van der Waals surface area contributed by atoms with Crippen molar-refractivity contribution in [2.75, 3.05) is 5.32 Å². The molecule has 0 bridgehead atoms. The van der Waals surface area contributed by atoms with E-state index >= 15 is 0 Å². The number of rotatable bonds is 6. The molecule has 0 aliphatic carbocycles. The zero-order chi connectivity index (χ0) is 19.3. The molecule has 0 unspecified atom stereocenters. The molecule has 0 saturated carbocycles. The molecular weight excluding hydrogens is 420 g/mol. The van der Waals surface area contributed by atoms with E-state index in [1.54, 1.807) is 27.8 Å². The normalized spacial score (nSPS) is 10.8. The van der Waals surface area contributed by atoms with E-state index in [0.29, 0.717) is 18.9 Å². The monoisotopic (exact) mass is 436 g/mol. The van der Waals surface area contributed by atoms with E-state index in [1.807, 2.05) is 54.6 Å². The minimum absolute atomic E-state index is 0.254. The molecule has 0 atom stereocenters. The number of anilines is 1. The van der Waals surface area contributed by atoms with Gasteiger partial charge in [0.1, 0.15) is 5.82 Å². The Hall–Kier alpha value is -3.26. The summed E-state index contributed by atoms with van der Waals surface area (Å²) < 4.78 is 4.36. The van der Waals surface area contributed by atoms with Gasteiger partial charge in [-0.05, 0) is 17.2 Å². The van der Waals surface area contributed by atoms with Crippen LogP contribution in [-0.2, 0) is 13.1 Å². The molecule has 140 valence electrons. The number of halogens is 1. The lowest BCUT2D eigenvalue weighted by Gasteiger charge is -2.09. The molecule has 7 nitrogen and oxygen atoms in total. The summed E-state index contributed by atoms with van der Waals surface area (Å²) in [4.78, 5) is 12.6. The van der Waals surface area contributed by atoms with Crippen molar-refractivity contribution in [2.24, 2.45) is 0 Å². The predicted molar refractivity (Wildman–Crippen MR) is 109 cm³/mol. The summed E-state index contributed by atoms with van der Waals surface area (Å²) in [6.07, 6.45) is 3.29. The smallest absolute Gasteiger partial charge is 0.278 e. The molecule has 0 spiro atoms. The van der Waals surface area contributed by atoms with Gasteiger partial charge in [0.15, 0.2) is 5.69 Å². The highest BCUT2D eigenvalue weighted by Crippen LogP contribution is 2.19. The Labute approximate surface area is 170 Å². The third-order valence-electron chi connectivity index (χ3n) is 4.19. The van der Waals surface area contributed by atoms with E-state index in [9.17, 15) is 4.79 Å². The van der Waals surface area contributed by atoms with Gasteiger partial charge in [-0.3, -0.25) is 4.79 Å². The number of hydrogen-bond acceptors (Lipinski definition) is 4. The van der Waals surface area contributed by atoms with Crippen LogP contribution in [0, 0.1) is 0 Å². The average molecular weight is 437 g/mol. The number of nitrogens with zero attached hydrogens (tertiary/aromatic N) is 5. The molecule has 0 aliphatic heterocycles. The second kappa shape index (κ2) is 8.18. The summed E-state index contributed by atoms with van der Waals surface area (Å²) in [6, 6.07) is 19.5. The molecule has 0 saturated heterocycles. The predicted octanol–water partition coefficient (Wildman–Crippen LogP) is 3.59. The molecule has 2 aromatic heterocycles. The number of carbonyl (C=O) groups excluding carboxylic acids is 1. The van der Waals surface area contributed by atoms with Crippen molar-refractivity contribution in [2.45, 2.75) is 13.1 Å². The van der Waals surface area contributed by atoms with Crippen molar-refractivity contribution in [3.63, 3.8) is 0 Å². The van der Waals surface area contributed by atoms with Crippen molar-refractivity contribution in [1.82, 2.24) is 24.8 Å². The summed E-state index contributed by atoms with van der Waals surface area (Å²) in [6.45, 7) is 1.09. The second-order valence-corrected chi connectivity index (χ2v) is 7.06. The first-order valence-corrected chi connectivity index (χ1v) is 9.49. The molecule has 2 aromatic carbocycles. The summed E-state index contributed by atoms with van der Waals surface area (Å²) in [5, 5.41) is 15.2. The molecule has 1 N–H and O–H groups in total. The Bertz CT molecular complexity index is 1090. The van der Waals surface area contributed by atoms with E-state index in [-0.39, 0.29) is 11.6 Å². The lowest BCUT2D eigenvalue weighted by atomic mass is 10.2. The van der Waals surface area contributed by atoms with E-state index in [1.165, 1.54) is 0 Å². The van der Waals surface area contributed by atoms with Crippen LogP contribution in [0.4, 0.5) is 5.82 Å². The number of nitrogens with one attached hydrogen (secondary N) is 1. The van der Waals surface area contributed by atoms with Gasteiger partial charge in [-0.2, -0.15) is 5.10 Å². The second-order valence-electron chi connectivity index (χ2n) is 6.21. The fourth-order valence-electron chi connectivity index (χ4n) is 2.78. The first kappa shape index (κ1) is 18.1. The highest BCUT2D eigenvalue weighted by atomic mass is 79.9. The standard InChI is InChI=1S/C20H17BrN6O/c21-17-9-5-4-8-16(17)13-27-19(10-11-22-27)23-20(28)18-14-26(25-24-18)12-15-6-2-1-3-7-15/h1-11,14H,12-13H2,(H,23,28). The Morgan fingerprint density at radius 3 is 2.61 bits per heavy atom. The van der Waals surface area contributed by atoms with E-state index in [4.69, 9.17) is 0 Å². The number of aromatic nitrogens is 5. The van der Waals surface area contributed by atoms with Gasteiger partial charge in [-0.1, -0.05) is 69.7 Å². The highest BCUT2D eigenvalue weighted by molar-refractivity contribution is 9.10. The molecule has 0 fully saturated rings. The van der Waals surface area contributed by atoms with Crippen LogP contribution in [-0.4, -0.2) is 30.7 Å². The topological polar surface area (TPSA) is 77.6 Å². The van der Waals surface area contributed by atoms with Crippen molar-refractivity contribution >= 4 is 27.7 Å². The van der Waals surface area contributed by atoms with Crippen LogP contribution in [0.2, 0.25) is 0 Å². The Kier molecular flexibility index (Phi) is 5.29. The lowest BCUT2D eigenvalue weighted by molar-refractivity contribution is 0.102. The van der Waals surface area contributed by atoms with Crippen LogP contribution in [0.1, 0.15) is 21.6 Å². The maximum absolute atomic E-state index is 12.6. The van der Waals surface area contributed by atoms with Gasteiger partial charge >= 0.3 is 0 Å². The maximum atomic E-state index is 12.6. The van der Waals surface area contributed by atoms with Gasteiger partial charge in [0, 0.05) is 10.5 Å². The number of hydrogen-bond donors (Lipinski definition) is 1. The Balaban J connectivity index is 1.45. The molecule has 0 aliphatic rings. The third kappa shape index (κ3) is 4.17. The van der Waals surface area contributed by atoms with Gasteiger partial charge in [0.05, 0.1) is 25.5 Å². The zero-order valence-corrected chi connectivity index (χ0v) is 16.5. The molecule has 0 radical (unpaired) electrons. The van der Waals surface area contributed by atoms with Crippen molar-refractivity contribution in [1.29, 1.82) is 0 Å². The summed E-state index contributed by atoms with van der Waals surface area (Å²) in [5.41, 5.74) is 2.41. The molecule has 28 heavy (non-hydrogen) atoms. The minimum atomic E-state index is -0.326. The minimum Gasteiger partial charge on any atom is -0.305 e. The van der Waals surface area contributed by atoms with Crippen LogP contribution in [0.25, 0.3) is 0 Å². The lowest BCUT2D eigenvalue weighted by Crippen LogP contribution is -2.16. The molecule has 4 rings (SSSR count). The zero-order valence-electron chi connectivity index (χ0n) is 14.9. The van der Waals surface area contributed by atoms with Gasteiger partial charge < -0.3 is 5.32 Å². The van der Waals surface area contributed by atoms with Crippen LogP contribution < -0.4 is 5.32 Å². The van der Waals surface area contributed by atoms with Gasteiger partial charge in [-0.25, -0.2) is 9.36 Å². The Morgan fingerprint density at radius 2 is 1.79 bits per heavy atom. The molecule has 8 heteroatoms. The Morgan fingerprint density at radius 1 is 1.00 bits per heavy atom. The van der Waals surface area contributed by atoms with E-state index in [0.717, 1.165) is 15.6 Å². The number of carbonyl (C=O) groups is 1. The largest absolute Gasteiger partial charge is 0.305 e. The fraction of sp³-hybridized carbons (Fsp3) is 0.100. The van der Waals surface area contributed by atoms with Crippen LogP contribution in [0.3, 0.4) is 0 Å². The SMILES string of the molecule is O=C(Nc1ccnn1Cc1ccccc1Br)c1cn(Cc2ccccc2)nn1.